The average Bonchev–Trinajstić information content (AvgIpc) is 2.23. The van der Waals surface area contributed by atoms with Crippen LogP contribution in [0, 0.1) is 11.7 Å². The topological polar surface area (TPSA) is 49.7 Å². The maximum Gasteiger partial charge on any atom is 0.491 e. The van der Waals surface area contributed by atoms with Crippen molar-refractivity contribution in [3.05, 3.63) is 24.0 Å². The quantitative estimate of drug-likeness (QED) is 0.582. The average molecular weight is 240 g/mol. The lowest BCUT2D eigenvalue weighted by Crippen LogP contribution is -2.32. The van der Waals surface area contributed by atoms with Crippen LogP contribution in [0.5, 0.6) is 5.75 Å². The van der Waals surface area contributed by atoms with E-state index in [-0.39, 0.29) is 5.46 Å². The molecule has 1 aromatic rings. The highest BCUT2D eigenvalue weighted by Gasteiger charge is 2.16. The minimum Gasteiger partial charge on any atom is -0.493 e. The second kappa shape index (κ2) is 6.62. The van der Waals surface area contributed by atoms with Gasteiger partial charge in [0.25, 0.3) is 0 Å². The SMILES string of the molecule is CC(C)CCCOc1ccc(B(O)O)c(F)c1. The smallest absolute Gasteiger partial charge is 0.491 e. The van der Waals surface area contributed by atoms with Crippen LogP contribution >= 0.6 is 0 Å². The van der Waals surface area contributed by atoms with Crippen molar-refractivity contribution >= 4 is 12.6 Å². The van der Waals surface area contributed by atoms with E-state index in [0.29, 0.717) is 18.3 Å². The highest BCUT2D eigenvalue weighted by Crippen LogP contribution is 2.12. The van der Waals surface area contributed by atoms with Gasteiger partial charge in [0.1, 0.15) is 11.6 Å². The molecule has 0 aliphatic rings. The van der Waals surface area contributed by atoms with Gasteiger partial charge in [-0.2, -0.15) is 0 Å². The van der Waals surface area contributed by atoms with Gasteiger partial charge >= 0.3 is 7.12 Å². The lowest BCUT2D eigenvalue weighted by atomic mass is 9.80. The van der Waals surface area contributed by atoms with E-state index in [1.165, 1.54) is 18.2 Å². The van der Waals surface area contributed by atoms with Gasteiger partial charge in [0.15, 0.2) is 0 Å². The summed E-state index contributed by atoms with van der Waals surface area (Å²) in [6.45, 7) is 4.81. The molecule has 0 bridgehead atoms. The first-order chi connectivity index (χ1) is 8.00. The summed E-state index contributed by atoms with van der Waals surface area (Å²) in [5.74, 6) is 0.374. The second-order valence-corrected chi connectivity index (χ2v) is 4.44. The third-order valence-electron chi connectivity index (χ3n) is 2.44. The summed E-state index contributed by atoms with van der Waals surface area (Å²) in [4.78, 5) is 0. The molecule has 0 spiro atoms. The molecule has 0 saturated carbocycles. The minimum absolute atomic E-state index is 0.139. The van der Waals surface area contributed by atoms with Gasteiger partial charge in [-0.05, 0) is 24.8 Å². The molecule has 1 rings (SSSR count). The highest BCUT2D eigenvalue weighted by molar-refractivity contribution is 6.58. The zero-order chi connectivity index (χ0) is 12.8. The molecule has 0 heterocycles. The van der Waals surface area contributed by atoms with Crippen molar-refractivity contribution in [2.75, 3.05) is 6.61 Å². The van der Waals surface area contributed by atoms with Crippen molar-refractivity contribution in [2.24, 2.45) is 5.92 Å². The Morgan fingerprint density at radius 1 is 1.35 bits per heavy atom. The predicted octanol–water partition coefficient (Wildman–Crippen LogP) is 1.32. The monoisotopic (exact) mass is 240 g/mol. The number of halogens is 1. The zero-order valence-electron chi connectivity index (χ0n) is 10.2. The van der Waals surface area contributed by atoms with Crippen molar-refractivity contribution in [2.45, 2.75) is 26.7 Å². The summed E-state index contributed by atoms with van der Waals surface area (Å²) >= 11 is 0. The molecule has 0 atom stereocenters. The molecule has 1 aromatic carbocycles. The molecule has 5 heteroatoms. The number of benzene rings is 1. The Hall–Kier alpha value is -1.07. The zero-order valence-corrected chi connectivity index (χ0v) is 10.2. The summed E-state index contributed by atoms with van der Waals surface area (Å²) in [5, 5.41) is 17.7. The van der Waals surface area contributed by atoms with E-state index in [0.717, 1.165) is 12.8 Å². The van der Waals surface area contributed by atoms with Crippen molar-refractivity contribution in [1.82, 2.24) is 0 Å². The second-order valence-electron chi connectivity index (χ2n) is 4.44. The molecule has 94 valence electrons. The minimum atomic E-state index is -1.79. The molecule has 0 aliphatic carbocycles. The van der Waals surface area contributed by atoms with Crippen LogP contribution in [0.1, 0.15) is 26.7 Å². The van der Waals surface area contributed by atoms with Crippen LogP contribution in [0.25, 0.3) is 0 Å². The Morgan fingerprint density at radius 3 is 2.59 bits per heavy atom. The van der Waals surface area contributed by atoms with Gasteiger partial charge < -0.3 is 14.8 Å². The standard InChI is InChI=1S/C12H18BFO3/c1-9(2)4-3-7-17-10-5-6-11(13(15)16)12(14)8-10/h5-6,8-9,15-16H,3-4,7H2,1-2H3. The van der Waals surface area contributed by atoms with Crippen LogP contribution in [0.2, 0.25) is 0 Å². The van der Waals surface area contributed by atoms with Crippen LogP contribution < -0.4 is 10.2 Å². The van der Waals surface area contributed by atoms with Crippen LogP contribution in [-0.2, 0) is 0 Å². The molecule has 0 fully saturated rings. The molecule has 0 aromatic heterocycles. The molecule has 2 N–H and O–H groups in total. The van der Waals surface area contributed by atoms with Gasteiger partial charge in [-0.25, -0.2) is 4.39 Å². The Kier molecular flexibility index (Phi) is 5.45. The van der Waals surface area contributed by atoms with E-state index in [1.54, 1.807) is 0 Å². The largest absolute Gasteiger partial charge is 0.493 e. The number of hydrogen-bond acceptors (Lipinski definition) is 3. The third-order valence-corrected chi connectivity index (χ3v) is 2.44. The van der Waals surface area contributed by atoms with Crippen LogP contribution in [0.15, 0.2) is 18.2 Å². The van der Waals surface area contributed by atoms with Crippen LogP contribution in [-0.4, -0.2) is 23.8 Å². The number of rotatable bonds is 6. The van der Waals surface area contributed by atoms with Crippen LogP contribution in [0.3, 0.4) is 0 Å². The van der Waals surface area contributed by atoms with Gasteiger partial charge in [-0.1, -0.05) is 19.9 Å². The molecule has 0 unspecified atom stereocenters. The van der Waals surface area contributed by atoms with E-state index >= 15 is 0 Å². The van der Waals surface area contributed by atoms with Gasteiger partial charge in [0.05, 0.1) is 6.61 Å². The maximum atomic E-state index is 13.3. The van der Waals surface area contributed by atoms with Gasteiger partial charge in [0, 0.05) is 11.5 Å². The normalized spacial score (nSPS) is 10.7. The fraction of sp³-hybridized carbons (Fsp3) is 0.500. The van der Waals surface area contributed by atoms with Crippen molar-refractivity contribution < 1.29 is 19.2 Å². The molecular formula is C12H18BFO3. The maximum absolute atomic E-state index is 13.3. The summed E-state index contributed by atoms with van der Waals surface area (Å²) < 4.78 is 18.7. The molecular weight excluding hydrogens is 222 g/mol. The van der Waals surface area contributed by atoms with Crippen molar-refractivity contribution in [1.29, 1.82) is 0 Å². The fourth-order valence-corrected chi connectivity index (χ4v) is 1.49. The molecule has 3 nitrogen and oxygen atoms in total. The first-order valence-corrected chi connectivity index (χ1v) is 5.79. The Labute approximate surface area is 101 Å². The Bertz CT molecular complexity index is 356. The van der Waals surface area contributed by atoms with Gasteiger partial charge in [-0.15, -0.1) is 0 Å². The van der Waals surface area contributed by atoms with E-state index < -0.39 is 12.9 Å². The first-order valence-electron chi connectivity index (χ1n) is 5.79. The number of hydrogen-bond donors (Lipinski definition) is 2. The highest BCUT2D eigenvalue weighted by atomic mass is 19.1. The van der Waals surface area contributed by atoms with E-state index in [2.05, 4.69) is 13.8 Å². The third kappa shape index (κ3) is 4.75. The van der Waals surface area contributed by atoms with Crippen LogP contribution in [0.4, 0.5) is 4.39 Å². The lowest BCUT2D eigenvalue weighted by Gasteiger charge is -2.09. The lowest BCUT2D eigenvalue weighted by molar-refractivity contribution is 0.296. The Balaban J connectivity index is 2.47. The molecule has 0 aliphatic heterocycles. The van der Waals surface area contributed by atoms with Gasteiger partial charge in [0.2, 0.25) is 0 Å². The summed E-state index contributed by atoms with van der Waals surface area (Å²) in [7, 11) is -1.79. The van der Waals surface area contributed by atoms with E-state index in [4.69, 9.17) is 14.8 Å². The van der Waals surface area contributed by atoms with Crippen molar-refractivity contribution in [3.8, 4) is 5.75 Å². The predicted molar refractivity (Wildman–Crippen MR) is 65.8 cm³/mol. The van der Waals surface area contributed by atoms with E-state index in [1.807, 2.05) is 0 Å². The van der Waals surface area contributed by atoms with Gasteiger partial charge in [-0.3, -0.25) is 0 Å². The van der Waals surface area contributed by atoms with E-state index in [9.17, 15) is 4.39 Å². The summed E-state index contributed by atoms with van der Waals surface area (Å²) in [6.07, 6.45) is 1.99. The summed E-state index contributed by atoms with van der Waals surface area (Å²) in [6, 6.07) is 4.02. The van der Waals surface area contributed by atoms with Crippen molar-refractivity contribution in [3.63, 3.8) is 0 Å². The number of ether oxygens (including phenoxy) is 1. The first kappa shape index (κ1) is 14.0. The summed E-state index contributed by atoms with van der Waals surface area (Å²) in [5.41, 5.74) is -0.139. The molecule has 0 amide bonds. The Morgan fingerprint density at radius 2 is 2.06 bits per heavy atom. The fourth-order valence-electron chi connectivity index (χ4n) is 1.49. The molecule has 0 saturated heterocycles. The molecule has 0 radical (unpaired) electrons. The molecule has 17 heavy (non-hydrogen) atoms.